The zero-order valence-electron chi connectivity index (χ0n) is 22.3. The minimum Gasteiger partial charge on any atom is -0.408 e. The first-order chi connectivity index (χ1) is 18.4. The number of amides is 1. The van der Waals surface area contributed by atoms with Gasteiger partial charge in [0.15, 0.2) is 5.58 Å². The molecular weight excluding hydrogens is 544 g/mol. The van der Waals surface area contributed by atoms with Crippen LogP contribution >= 0.6 is 27.0 Å². The number of aliphatic hydroxyl groups is 1. The van der Waals surface area contributed by atoms with Crippen molar-refractivity contribution >= 4 is 44.0 Å². The maximum absolute atomic E-state index is 13.5. The van der Waals surface area contributed by atoms with E-state index in [4.69, 9.17) is 4.42 Å². The zero-order valence-corrected chi connectivity index (χ0v) is 24.3. The molecule has 2 atom stereocenters. The van der Waals surface area contributed by atoms with Gasteiger partial charge in [0.05, 0.1) is 42.3 Å². The van der Waals surface area contributed by atoms with E-state index >= 15 is 0 Å². The Morgan fingerprint density at radius 2 is 1.88 bits per heavy atom. The number of aromatic nitrogens is 1. The Kier molecular flexibility index (Phi) is 10.7. The van der Waals surface area contributed by atoms with Gasteiger partial charge >= 0.3 is 5.76 Å². The average molecular weight is 579 g/mol. The smallest absolute Gasteiger partial charge is 0.408 e. The molecule has 1 amide bonds. The first-order valence-corrected chi connectivity index (χ1v) is 12.7. The third-order valence-corrected chi connectivity index (χ3v) is 7.21. The lowest BCUT2D eigenvalue weighted by atomic mass is 10.0. The predicted molar refractivity (Wildman–Crippen MR) is 164 cm³/mol. The monoisotopic (exact) mass is 578 g/mol. The van der Waals surface area contributed by atoms with Crippen LogP contribution in [0.4, 0.5) is 0 Å². The second-order valence-electron chi connectivity index (χ2n) is 9.88. The van der Waals surface area contributed by atoms with E-state index in [0.29, 0.717) is 29.8 Å². The van der Waals surface area contributed by atoms with Crippen LogP contribution in [-0.4, -0.2) is 58.2 Å². The van der Waals surface area contributed by atoms with Gasteiger partial charge in [-0.15, -0.1) is 0 Å². The number of benzene rings is 3. The maximum Gasteiger partial charge on any atom is 0.420 e. The van der Waals surface area contributed by atoms with Crippen molar-refractivity contribution in [2.75, 3.05) is 26.7 Å². The minimum absolute atomic E-state index is 0. The third kappa shape index (κ3) is 6.98. The molecule has 0 bridgehead atoms. The number of nitriles is 1. The summed E-state index contributed by atoms with van der Waals surface area (Å²) in [6.45, 7) is 2.32. The molecular formula is C30H34N4O4S2. The molecule has 1 fully saturated rings. The molecule has 0 unspecified atom stereocenters. The third-order valence-electron chi connectivity index (χ3n) is 7.21. The molecule has 0 radical (unpaired) electrons. The molecule has 0 spiro atoms. The molecule has 10 heteroatoms. The number of likely N-dealkylation sites (tertiary alicyclic amines) is 1. The van der Waals surface area contributed by atoms with E-state index in [1.165, 1.54) is 4.57 Å². The van der Waals surface area contributed by atoms with Crippen LogP contribution in [0.3, 0.4) is 0 Å². The van der Waals surface area contributed by atoms with E-state index in [0.717, 1.165) is 29.7 Å². The van der Waals surface area contributed by atoms with E-state index in [1.807, 2.05) is 55.6 Å². The van der Waals surface area contributed by atoms with Gasteiger partial charge in [-0.1, -0.05) is 48.5 Å². The normalized spacial score (nSPS) is 15.6. The Labute approximate surface area is 247 Å². The second-order valence-corrected chi connectivity index (χ2v) is 9.88. The number of oxazole rings is 1. The van der Waals surface area contributed by atoms with Crippen molar-refractivity contribution < 1.29 is 14.3 Å². The maximum atomic E-state index is 13.5. The number of hydrogen-bond donors (Lipinski definition) is 1. The number of rotatable bonds is 8. The lowest BCUT2D eigenvalue weighted by Crippen LogP contribution is -2.39. The first-order valence-electron chi connectivity index (χ1n) is 12.7. The summed E-state index contributed by atoms with van der Waals surface area (Å²) in [7, 11) is 1.82. The fraction of sp³-hybridized carbons (Fsp3) is 0.300. The molecule has 8 nitrogen and oxygen atoms in total. The highest BCUT2D eigenvalue weighted by Crippen LogP contribution is 2.25. The lowest BCUT2D eigenvalue weighted by Gasteiger charge is -2.32. The summed E-state index contributed by atoms with van der Waals surface area (Å²) in [6, 6.07) is 24.4. The molecule has 1 aromatic heterocycles. The molecule has 1 aliphatic rings. The molecule has 1 N–H and O–H groups in total. The average Bonchev–Trinajstić information content (AvgIpc) is 3.49. The van der Waals surface area contributed by atoms with Crippen molar-refractivity contribution in [1.29, 1.82) is 5.26 Å². The zero-order chi connectivity index (χ0) is 26.6. The van der Waals surface area contributed by atoms with Gasteiger partial charge in [0.1, 0.15) is 0 Å². The summed E-state index contributed by atoms with van der Waals surface area (Å²) < 4.78 is 6.96. The summed E-state index contributed by atoms with van der Waals surface area (Å²) in [4.78, 5) is 30.1. The highest BCUT2D eigenvalue weighted by Gasteiger charge is 2.28. The van der Waals surface area contributed by atoms with Crippen molar-refractivity contribution in [3.8, 4) is 6.07 Å². The van der Waals surface area contributed by atoms with Crippen LogP contribution in [-0.2, 0) is 17.8 Å². The molecule has 1 aliphatic heterocycles. The summed E-state index contributed by atoms with van der Waals surface area (Å²) in [5.41, 5.74) is 4.21. The Morgan fingerprint density at radius 1 is 1.10 bits per heavy atom. The summed E-state index contributed by atoms with van der Waals surface area (Å²) in [6.07, 6.45) is 0.586. The molecule has 3 aromatic carbocycles. The number of fused-ring (bicyclic) bond motifs is 1. The molecule has 1 saturated heterocycles. The minimum atomic E-state index is -0.486. The van der Waals surface area contributed by atoms with E-state index in [1.54, 1.807) is 29.2 Å². The first kappa shape index (κ1) is 31.0. The van der Waals surface area contributed by atoms with Crippen LogP contribution in [0, 0.1) is 11.3 Å². The number of carbonyl (C=O) groups excluding carboxylic acids is 1. The van der Waals surface area contributed by atoms with Crippen LogP contribution in [0.2, 0.25) is 0 Å². The fourth-order valence-corrected chi connectivity index (χ4v) is 5.11. The van der Waals surface area contributed by atoms with E-state index in [2.05, 4.69) is 11.0 Å². The van der Waals surface area contributed by atoms with Crippen LogP contribution < -0.4 is 5.76 Å². The highest BCUT2D eigenvalue weighted by molar-refractivity contribution is 7.59. The van der Waals surface area contributed by atoms with Crippen molar-refractivity contribution in [1.82, 2.24) is 14.4 Å². The largest absolute Gasteiger partial charge is 0.420 e. The Balaban J connectivity index is 0.00000220. The molecule has 4 aromatic rings. The molecule has 5 rings (SSSR count). The molecule has 210 valence electrons. The van der Waals surface area contributed by atoms with Crippen LogP contribution in [0.15, 0.2) is 82.0 Å². The van der Waals surface area contributed by atoms with E-state index in [-0.39, 0.29) is 58.0 Å². The van der Waals surface area contributed by atoms with Gasteiger partial charge in [-0.2, -0.15) is 32.3 Å². The number of carbonyl (C=O) groups is 1. The molecule has 0 saturated carbocycles. The van der Waals surface area contributed by atoms with Crippen molar-refractivity contribution in [3.05, 3.63) is 106 Å². The Hall–Kier alpha value is -3.49. The van der Waals surface area contributed by atoms with E-state index in [9.17, 15) is 20.0 Å². The molecule has 0 aliphatic carbocycles. The van der Waals surface area contributed by atoms with Gasteiger partial charge in [-0.05, 0) is 47.4 Å². The van der Waals surface area contributed by atoms with Crippen molar-refractivity contribution in [2.45, 2.75) is 31.5 Å². The number of nitrogens with zero attached hydrogens (tertiary/aromatic N) is 4. The summed E-state index contributed by atoms with van der Waals surface area (Å²) in [5.74, 6) is -0.531. The molecule has 40 heavy (non-hydrogen) atoms. The topological polar surface area (TPSA) is 103 Å². The van der Waals surface area contributed by atoms with Gasteiger partial charge in [0, 0.05) is 26.7 Å². The van der Waals surface area contributed by atoms with Crippen LogP contribution in [0.1, 0.15) is 34.7 Å². The number of likely N-dealkylation sites (N-methyl/N-ethyl adjacent to an activating group) is 1. The number of hydrogen-bond acceptors (Lipinski definition) is 6. The molecule has 2 heterocycles. The van der Waals surface area contributed by atoms with Crippen LogP contribution in [0.5, 0.6) is 0 Å². The van der Waals surface area contributed by atoms with Gasteiger partial charge in [0.2, 0.25) is 5.91 Å². The number of aliphatic hydroxyl groups excluding tert-OH is 1. The predicted octanol–water partition coefficient (Wildman–Crippen LogP) is 3.55. The fourth-order valence-electron chi connectivity index (χ4n) is 5.11. The second kappa shape index (κ2) is 13.7. The standard InChI is InChI=1S/C30H30N4O4.2H2S/c1-32(27(24-8-3-2-4-9-24)20-33-13-12-25(35)19-33)29(36)16-21-10-11-28-26(15-21)34(30(37)38-28)18-23-7-5-6-22(14-23)17-31;;/h2-11,14-15,25,27,35H,12-13,16,18-20H2,1H3;2*1H2/t25-,27+;;/m0../s1. The quantitative estimate of drug-likeness (QED) is 0.343. The van der Waals surface area contributed by atoms with Crippen molar-refractivity contribution in [3.63, 3.8) is 0 Å². The summed E-state index contributed by atoms with van der Waals surface area (Å²) in [5, 5.41) is 19.2. The van der Waals surface area contributed by atoms with Gasteiger partial charge in [0.25, 0.3) is 0 Å². The van der Waals surface area contributed by atoms with E-state index < -0.39 is 5.76 Å². The summed E-state index contributed by atoms with van der Waals surface area (Å²) >= 11 is 0. The Bertz CT molecular complexity index is 1550. The lowest BCUT2D eigenvalue weighted by molar-refractivity contribution is -0.131. The van der Waals surface area contributed by atoms with Gasteiger partial charge in [-0.25, -0.2) is 4.79 Å². The van der Waals surface area contributed by atoms with Crippen molar-refractivity contribution in [2.24, 2.45) is 0 Å². The highest BCUT2D eigenvalue weighted by atomic mass is 32.1. The Morgan fingerprint density at radius 3 is 2.58 bits per heavy atom. The van der Waals surface area contributed by atoms with Crippen LogP contribution in [0.25, 0.3) is 11.1 Å². The van der Waals surface area contributed by atoms with Gasteiger partial charge in [-0.3, -0.25) is 14.3 Å². The van der Waals surface area contributed by atoms with Gasteiger partial charge < -0.3 is 14.4 Å². The SMILES string of the molecule is CN(C(=O)Cc1ccc2oc(=O)n(Cc3cccc(C#N)c3)c2c1)[C@H](CN1CC[C@H](O)C1)c1ccccc1.S.S. The number of β-amino-alcohol motifs (C(OH)–C–C–N with tert-alkyl or cyclic N) is 1.